The molecule has 4 nitrogen and oxygen atoms in total. The third kappa shape index (κ3) is 2.61. The van der Waals surface area contributed by atoms with Gasteiger partial charge in [-0.15, -0.1) is 0 Å². The number of hydrogen-bond acceptors (Lipinski definition) is 4. The second kappa shape index (κ2) is 5.32. The van der Waals surface area contributed by atoms with E-state index in [9.17, 15) is 5.11 Å². The van der Waals surface area contributed by atoms with Crippen LogP contribution in [0.4, 0.5) is 0 Å². The maximum Gasteiger partial charge on any atom is 0.133 e. The van der Waals surface area contributed by atoms with Crippen LogP contribution in [-0.2, 0) is 0 Å². The Morgan fingerprint density at radius 3 is 2.05 bits per heavy atom. The normalized spacial score (nSPS) is 9.74. The average molecular weight is 255 g/mol. The van der Waals surface area contributed by atoms with E-state index < -0.39 is 0 Å². The van der Waals surface area contributed by atoms with Gasteiger partial charge in [-0.1, -0.05) is 6.07 Å². The van der Waals surface area contributed by atoms with Gasteiger partial charge in [0.1, 0.15) is 23.3 Å². The Hall–Kier alpha value is -2.67. The van der Waals surface area contributed by atoms with Crippen molar-refractivity contribution >= 4 is 0 Å². The molecule has 2 aromatic rings. The standard InChI is InChI=1S/C15H13NO3/c1-18-13-5-12(6-14(8-13)19-2)10-3-4-11(9-16)15(17)7-10/h3-8,17H,1-2H3. The van der Waals surface area contributed by atoms with Gasteiger partial charge >= 0.3 is 0 Å². The molecule has 0 aromatic heterocycles. The molecular formula is C15H13NO3. The summed E-state index contributed by atoms with van der Waals surface area (Å²) in [6, 6.07) is 12.3. The van der Waals surface area contributed by atoms with E-state index >= 15 is 0 Å². The molecule has 0 saturated heterocycles. The van der Waals surface area contributed by atoms with Gasteiger partial charge in [-0.3, -0.25) is 0 Å². The van der Waals surface area contributed by atoms with Gasteiger partial charge < -0.3 is 14.6 Å². The summed E-state index contributed by atoms with van der Waals surface area (Å²) in [5.41, 5.74) is 1.88. The van der Waals surface area contributed by atoms with Crippen molar-refractivity contribution in [3.63, 3.8) is 0 Å². The van der Waals surface area contributed by atoms with Crippen LogP contribution in [0.1, 0.15) is 5.56 Å². The van der Waals surface area contributed by atoms with E-state index in [0.717, 1.165) is 11.1 Å². The Kier molecular flexibility index (Phi) is 3.58. The SMILES string of the molecule is COc1cc(OC)cc(-c2ccc(C#N)c(O)c2)c1. The van der Waals surface area contributed by atoms with Crippen molar-refractivity contribution in [2.75, 3.05) is 14.2 Å². The molecule has 0 aliphatic rings. The van der Waals surface area contributed by atoms with Crippen molar-refractivity contribution in [3.8, 4) is 34.4 Å². The van der Waals surface area contributed by atoms with Crippen molar-refractivity contribution in [2.24, 2.45) is 0 Å². The van der Waals surface area contributed by atoms with Crippen LogP contribution in [0.3, 0.4) is 0 Å². The van der Waals surface area contributed by atoms with Crippen LogP contribution < -0.4 is 9.47 Å². The topological polar surface area (TPSA) is 62.5 Å². The lowest BCUT2D eigenvalue weighted by Crippen LogP contribution is -1.89. The molecule has 0 aliphatic carbocycles. The van der Waals surface area contributed by atoms with Gasteiger partial charge in [-0.05, 0) is 35.4 Å². The third-order valence-corrected chi connectivity index (χ3v) is 2.80. The van der Waals surface area contributed by atoms with Crippen molar-refractivity contribution in [1.29, 1.82) is 5.26 Å². The van der Waals surface area contributed by atoms with Gasteiger partial charge in [0.05, 0.1) is 19.8 Å². The molecule has 0 spiro atoms. The molecule has 0 saturated carbocycles. The number of hydrogen-bond donors (Lipinski definition) is 1. The molecule has 0 amide bonds. The summed E-state index contributed by atoms with van der Waals surface area (Å²) in [6.45, 7) is 0. The molecule has 0 unspecified atom stereocenters. The summed E-state index contributed by atoms with van der Waals surface area (Å²) < 4.78 is 10.4. The summed E-state index contributed by atoms with van der Waals surface area (Å²) in [5.74, 6) is 1.29. The number of methoxy groups -OCH3 is 2. The number of ether oxygens (including phenoxy) is 2. The number of phenolic OH excluding ortho intramolecular Hbond substituents is 1. The van der Waals surface area contributed by atoms with Gasteiger partial charge in [-0.2, -0.15) is 5.26 Å². The fourth-order valence-corrected chi connectivity index (χ4v) is 1.78. The van der Waals surface area contributed by atoms with E-state index in [1.807, 2.05) is 18.2 Å². The van der Waals surface area contributed by atoms with Crippen LogP contribution in [0.15, 0.2) is 36.4 Å². The number of aromatic hydroxyl groups is 1. The summed E-state index contributed by atoms with van der Waals surface area (Å²) >= 11 is 0. The van der Waals surface area contributed by atoms with Crippen LogP contribution in [0.25, 0.3) is 11.1 Å². The van der Waals surface area contributed by atoms with Crippen LogP contribution in [0, 0.1) is 11.3 Å². The Morgan fingerprint density at radius 1 is 0.947 bits per heavy atom. The van der Waals surface area contributed by atoms with Crippen molar-refractivity contribution in [1.82, 2.24) is 0 Å². The van der Waals surface area contributed by atoms with Gasteiger partial charge in [0, 0.05) is 6.07 Å². The zero-order chi connectivity index (χ0) is 13.8. The fourth-order valence-electron chi connectivity index (χ4n) is 1.78. The number of nitrogens with zero attached hydrogens (tertiary/aromatic N) is 1. The Bertz CT molecular complexity index is 622. The Morgan fingerprint density at radius 2 is 1.58 bits per heavy atom. The molecule has 0 bridgehead atoms. The highest BCUT2D eigenvalue weighted by Gasteiger charge is 2.07. The van der Waals surface area contributed by atoms with Gasteiger partial charge in [-0.25, -0.2) is 0 Å². The number of phenols is 1. The van der Waals surface area contributed by atoms with Crippen molar-refractivity contribution in [2.45, 2.75) is 0 Å². The lowest BCUT2D eigenvalue weighted by molar-refractivity contribution is 0.394. The Labute approximate surface area is 111 Å². The van der Waals surface area contributed by atoms with Crippen LogP contribution in [-0.4, -0.2) is 19.3 Å². The first kappa shape index (κ1) is 12.8. The molecule has 0 atom stereocenters. The van der Waals surface area contributed by atoms with E-state index in [1.165, 1.54) is 0 Å². The second-order valence-electron chi connectivity index (χ2n) is 3.95. The third-order valence-electron chi connectivity index (χ3n) is 2.80. The first-order valence-corrected chi connectivity index (χ1v) is 5.64. The average Bonchev–Trinajstić information content (AvgIpc) is 2.46. The summed E-state index contributed by atoms with van der Waals surface area (Å²) in [5, 5.41) is 18.5. The summed E-state index contributed by atoms with van der Waals surface area (Å²) in [6.07, 6.45) is 0. The molecule has 0 heterocycles. The van der Waals surface area contributed by atoms with Gasteiger partial charge in [0.25, 0.3) is 0 Å². The van der Waals surface area contributed by atoms with Gasteiger partial charge in [0.2, 0.25) is 0 Å². The molecule has 0 fully saturated rings. The van der Waals surface area contributed by atoms with Gasteiger partial charge in [0.15, 0.2) is 0 Å². The molecule has 2 rings (SSSR count). The zero-order valence-electron chi connectivity index (χ0n) is 10.7. The Balaban J connectivity index is 2.52. The maximum absolute atomic E-state index is 9.72. The smallest absolute Gasteiger partial charge is 0.133 e. The zero-order valence-corrected chi connectivity index (χ0v) is 10.7. The first-order valence-electron chi connectivity index (χ1n) is 5.64. The van der Waals surface area contributed by atoms with E-state index in [2.05, 4.69) is 0 Å². The molecular weight excluding hydrogens is 242 g/mol. The molecule has 4 heteroatoms. The van der Waals surface area contributed by atoms with Crippen LogP contribution >= 0.6 is 0 Å². The number of nitriles is 1. The lowest BCUT2D eigenvalue weighted by Gasteiger charge is -2.09. The van der Waals surface area contributed by atoms with Crippen molar-refractivity contribution in [3.05, 3.63) is 42.0 Å². The highest BCUT2D eigenvalue weighted by molar-refractivity contribution is 5.70. The van der Waals surface area contributed by atoms with E-state index in [4.69, 9.17) is 14.7 Å². The van der Waals surface area contributed by atoms with E-state index in [0.29, 0.717) is 11.5 Å². The fraction of sp³-hybridized carbons (Fsp3) is 0.133. The molecule has 0 aliphatic heterocycles. The van der Waals surface area contributed by atoms with E-state index in [-0.39, 0.29) is 11.3 Å². The minimum Gasteiger partial charge on any atom is -0.507 e. The molecule has 2 aromatic carbocycles. The molecule has 1 N–H and O–H groups in total. The highest BCUT2D eigenvalue weighted by atomic mass is 16.5. The second-order valence-corrected chi connectivity index (χ2v) is 3.95. The van der Waals surface area contributed by atoms with E-state index in [1.54, 1.807) is 38.5 Å². The monoisotopic (exact) mass is 255 g/mol. The first-order chi connectivity index (χ1) is 9.17. The summed E-state index contributed by atoms with van der Waals surface area (Å²) in [7, 11) is 3.16. The molecule has 96 valence electrons. The predicted octanol–water partition coefficient (Wildman–Crippen LogP) is 2.95. The molecule has 19 heavy (non-hydrogen) atoms. The molecule has 0 radical (unpaired) electrons. The predicted molar refractivity (Wildman–Crippen MR) is 71.4 cm³/mol. The highest BCUT2D eigenvalue weighted by Crippen LogP contribution is 2.32. The minimum atomic E-state index is -0.0400. The lowest BCUT2D eigenvalue weighted by atomic mass is 10.0. The maximum atomic E-state index is 9.72. The quantitative estimate of drug-likeness (QED) is 0.915. The number of rotatable bonds is 3. The van der Waals surface area contributed by atoms with Crippen LogP contribution in [0.5, 0.6) is 17.2 Å². The largest absolute Gasteiger partial charge is 0.507 e. The van der Waals surface area contributed by atoms with Crippen LogP contribution in [0.2, 0.25) is 0 Å². The summed E-state index contributed by atoms with van der Waals surface area (Å²) in [4.78, 5) is 0. The minimum absolute atomic E-state index is 0.0400. The van der Waals surface area contributed by atoms with Crippen molar-refractivity contribution < 1.29 is 14.6 Å². The number of benzene rings is 2.